The Morgan fingerprint density at radius 1 is 1.61 bits per heavy atom. The summed E-state index contributed by atoms with van der Waals surface area (Å²) in [6.45, 7) is 2.34. The first kappa shape index (κ1) is 13.4. The molecule has 2 unspecified atom stereocenters. The molecule has 1 fully saturated rings. The minimum atomic E-state index is -3.94. The number of halogens is 1. The Balaban J connectivity index is 2.14. The Kier molecular flexibility index (Phi) is 3.94. The van der Waals surface area contributed by atoms with E-state index in [-0.39, 0.29) is 6.10 Å². The summed E-state index contributed by atoms with van der Waals surface area (Å²) in [4.78, 5) is 3.56. The lowest BCUT2D eigenvalue weighted by Gasteiger charge is -2.19. The van der Waals surface area contributed by atoms with Crippen LogP contribution < -0.4 is 4.72 Å². The molecule has 1 aromatic rings. The van der Waals surface area contributed by atoms with E-state index in [0.29, 0.717) is 6.61 Å². The fraction of sp³-hybridized carbons (Fsp3) is 0.545. The first-order chi connectivity index (χ1) is 8.50. The van der Waals surface area contributed by atoms with E-state index in [1.807, 2.05) is 0 Å². The van der Waals surface area contributed by atoms with Crippen LogP contribution in [-0.2, 0) is 14.8 Å². The van der Waals surface area contributed by atoms with Crippen molar-refractivity contribution in [3.05, 3.63) is 24.1 Å². The normalized spacial score (nSPS) is 22.0. The summed E-state index contributed by atoms with van der Waals surface area (Å²) in [5.74, 6) is -0.857. The third-order valence-electron chi connectivity index (χ3n) is 2.84. The predicted octanol–water partition coefficient (Wildman–Crippen LogP) is 1.07. The van der Waals surface area contributed by atoms with E-state index < -0.39 is 26.9 Å². The first-order valence-electron chi connectivity index (χ1n) is 5.75. The number of hydrogen-bond acceptors (Lipinski definition) is 4. The van der Waals surface area contributed by atoms with Gasteiger partial charge in [0.05, 0.1) is 6.10 Å². The summed E-state index contributed by atoms with van der Waals surface area (Å²) in [5.41, 5.74) is 0. The van der Waals surface area contributed by atoms with Gasteiger partial charge in [-0.25, -0.2) is 22.5 Å². The lowest BCUT2D eigenvalue weighted by atomic mass is 10.1. The molecule has 0 saturated carbocycles. The van der Waals surface area contributed by atoms with E-state index in [4.69, 9.17) is 4.74 Å². The maximum Gasteiger partial charge on any atom is 0.261 e. The Morgan fingerprint density at radius 3 is 3.00 bits per heavy atom. The fourth-order valence-corrected chi connectivity index (χ4v) is 3.22. The molecule has 1 aromatic heterocycles. The summed E-state index contributed by atoms with van der Waals surface area (Å²) in [6, 6.07) is 2.01. The number of ether oxygens (including phenoxy) is 1. The molecule has 1 N–H and O–H groups in total. The van der Waals surface area contributed by atoms with Gasteiger partial charge in [0, 0.05) is 18.8 Å². The van der Waals surface area contributed by atoms with E-state index in [1.165, 1.54) is 12.3 Å². The molecule has 1 aliphatic rings. The average molecular weight is 274 g/mol. The highest BCUT2D eigenvalue weighted by Gasteiger charge is 2.29. The quantitative estimate of drug-likeness (QED) is 0.891. The number of sulfonamides is 1. The molecule has 0 aromatic carbocycles. The largest absolute Gasteiger partial charge is 0.377 e. The van der Waals surface area contributed by atoms with Gasteiger partial charge in [0.15, 0.2) is 5.82 Å². The van der Waals surface area contributed by atoms with Crippen LogP contribution in [0.5, 0.6) is 0 Å². The van der Waals surface area contributed by atoms with Gasteiger partial charge in [0.25, 0.3) is 10.0 Å². The minimum absolute atomic E-state index is 0.161. The third kappa shape index (κ3) is 2.85. The molecule has 5 nitrogen and oxygen atoms in total. The SMILES string of the molecule is CC(NS(=O)(=O)c1ncccc1F)C1CCCO1. The monoisotopic (exact) mass is 274 g/mol. The van der Waals surface area contributed by atoms with Crippen molar-refractivity contribution in [1.82, 2.24) is 9.71 Å². The molecule has 2 rings (SSSR count). The topological polar surface area (TPSA) is 68.3 Å². The Bertz CT molecular complexity index is 515. The smallest absolute Gasteiger partial charge is 0.261 e. The van der Waals surface area contributed by atoms with Gasteiger partial charge in [0.2, 0.25) is 5.03 Å². The number of hydrogen-bond donors (Lipinski definition) is 1. The molecule has 0 aliphatic carbocycles. The van der Waals surface area contributed by atoms with Gasteiger partial charge in [-0.05, 0) is 31.9 Å². The highest BCUT2D eigenvalue weighted by atomic mass is 32.2. The summed E-state index contributed by atoms with van der Waals surface area (Å²) < 4.78 is 45.1. The molecule has 2 heterocycles. The van der Waals surface area contributed by atoms with Gasteiger partial charge in [-0.15, -0.1) is 0 Å². The maximum absolute atomic E-state index is 13.4. The molecule has 1 saturated heterocycles. The molecule has 1 aliphatic heterocycles. The van der Waals surface area contributed by atoms with Crippen molar-refractivity contribution in [2.24, 2.45) is 0 Å². The number of pyridine rings is 1. The number of aromatic nitrogens is 1. The van der Waals surface area contributed by atoms with E-state index >= 15 is 0 Å². The number of rotatable bonds is 4. The lowest BCUT2D eigenvalue weighted by molar-refractivity contribution is 0.0902. The van der Waals surface area contributed by atoms with Gasteiger partial charge in [-0.2, -0.15) is 0 Å². The van der Waals surface area contributed by atoms with Crippen molar-refractivity contribution in [2.75, 3.05) is 6.61 Å². The zero-order chi connectivity index (χ0) is 13.2. The summed E-state index contributed by atoms with van der Waals surface area (Å²) in [5, 5.41) is -0.574. The van der Waals surface area contributed by atoms with Crippen LogP contribution in [0.15, 0.2) is 23.4 Å². The Labute approximate surface area is 105 Å². The van der Waals surface area contributed by atoms with Crippen molar-refractivity contribution in [3.8, 4) is 0 Å². The van der Waals surface area contributed by atoms with Crippen LogP contribution in [0.3, 0.4) is 0 Å². The fourth-order valence-electron chi connectivity index (χ4n) is 1.94. The van der Waals surface area contributed by atoms with E-state index in [1.54, 1.807) is 6.92 Å². The first-order valence-corrected chi connectivity index (χ1v) is 7.23. The molecule has 7 heteroatoms. The van der Waals surface area contributed by atoms with Crippen LogP contribution >= 0.6 is 0 Å². The third-order valence-corrected chi connectivity index (χ3v) is 4.33. The van der Waals surface area contributed by atoms with Crippen LogP contribution in [0.25, 0.3) is 0 Å². The van der Waals surface area contributed by atoms with Gasteiger partial charge in [0.1, 0.15) is 0 Å². The zero-order valence-corrected chi connectivity index (χ0v) is 10.8. The highest BCUT2D eigenvalue weighted by molar-refractivity contribution is 7.89. The van der Waals surface area contributed by atoms with E-state index in [2.05, 4.69) is 9.71 Å². The second-order valence-corrected chi connectivity index (χ2v) is 5.88. The van der Waals surface area contributed by atoms with E-state index in [9.17, 15) is 12.8 Å². The van der Waals surface area contributed by atoms with Crippen LogP contribution in [0.2, 0.25) is 0 Å². The van der Waals surface area contributed by atoms with Crippen molar-refractivity contribution >= 4 is 10.0 Å². The molecule has 18 heavy (non-hydrogen) atoms. The molecule has 0 amide bonds. The lowest BCUT2D eigenvalue weighted by Crippen LogP contribution is -2.41. The second-order valence-electron chi connectivity index (χ2n) is 4.25. The maximum atomic E-state index is 13.4. The standard InChI is InChI=1S/C11H15FN2O3S/c1-8(10-5-3-7-17-10)14-18(15,16)11-9(12)4-2-6-13-11/h2,4,6,8,10,14H,3,5,7H2,1H3. The van der Waals surface area contributed by atoms with Gasteiger partial charge >= 0.3 is 0 Å². The van der Waals surface area contributed by atoms with Crippen molar-refractivity contribution in [1.29, 1.82) is 0 Å². The molecular weight excluding hydrogens is 259 g/mol. The van der Waals surface area contributed by atoms with Gasteiger partial charge in [-0.3, -0.25) is 0 Å². The Morgan fingerprint density at radius 2 is 2.39 bits per heavy atom. The van der Waals surface area contributed by atoms with Gasteiger partial charge in [-0.1, -0.05) is 0 Å². The van der Waals surface area contributed by atoms with Gasteiger partial charge < -0.3 is 4.74 Å². The average Bonchev–Trinajstić information content (AvgIpc) is 2.82. The second kappa shape index (κ2) is 5.29. The molecular formula is C11H15FN2O3S. The Hall–Kier alpha value is -1.05. The summed E-state index contributed by atoms with van der Waals surface area (Å²) >= 11 is 0. The molecule has 0 radical (unpaired) electrons. The highest BCUT2D eigenvalue weighted by Crippen LogP contribution is 2.17. The van der Waals surface area contributed by atoms with Crippen LogP contribution in [0, 0.1) is 5.82 Å². The van der Waals surface area contributed by atoms with E-state index in [0.717, 1.165) is 18.9 Å². The minimum Gasteiger partial charge on any atom is -0.377 e. The predicted molar refractivity (Wildman–Crippen MR) is 63.0 cm³/mol. The molecule has 2 atom stereocenters. The summed E-state index contributed by atoms with van der Waals surface area (Å²) in [6.07, 6.45) is 2.80. The van der Waals surface area contributed by atoms with Crippen LogP contribution in [-0.4, -0.2) is 32.2 Å². The van der Waals surface area contributed by atoms with Crippen molar-refractivity contribution < 1.29 is 17.5 Å². The zero-order valence-electron chi connectivity index (χ0n) is 9.97. The molecule has 0 bridgehead atoms. The number of nitrogens with zero attached hydrogens (tertiary/aromatic N) is 1. The summed E-state index contributed by atoms with van der Waals surface area (Å²) in [7, 11) is -3.94. The van der Waals surface area contributed by atoms with Crippen LogP contribution in [0.4, 0.5) is 4.39 Å². The number of nitrogens with one attached hydrogen (secondary N) is 1. The van der Waals surface area contributed by atoms with Crippen molar-refractivity contribution in [3.63, 3.8) is 0 Å². The van der Waals surface area contributed by atoms with Crippen LogP contribution in [0.1, 0.15) is 19.8 Å². The molecule has 100 valence electrons. The molecule has 0 spiro atoms. The van der Waals surface area contributed by atoms with Crippen molar-refractivity contribution in [2.45, 2.75) is 36.9 Å².